The lowest BCUT2D eigenvalue weighted by Crippen LogP contribution is -2.38. The summed E-state index contributed by atoms with van der Waals surface area (Å²) in [4.78, 5) is 16.3. The highest BCUT2D eigenvalue weighted by Gasteiger charge is 2.32. The molecule has 3 heterocycles. The van der Waals surface area contributed by atoms with Gasteiger partial charge in [0.1, 0.15) is 30.4 Å². The highest BCUT2D eigenvalue weighted by atomic mass is 19.4. The van der Waals surface area contributed by atoms with Gasteiger partial charge in [-0.3, -0.25) is 4.57 Å². The Labute approximate surface area is 204 Å². The molecule has 1 saturated heterocycles. The van der Waals surface area contributed by atoms with Gasteiger partial charge in [0.15, 0.2) is 6.10 Å². The summed E-state index contributed by atoms with van der Waals surface area (Å²) in [6.45, 7) is 2.24. The predicted molar refractivity (Wildman–Crippen MR) is 123 cm³/mol. The molecule has 12 heteroatoms. The Morgan fingerprint density at radius 1 is 1.06 bits per heavy atom. The predicted octanol–water partition coefficient (Wildman–Crippen LogP) is 4.70. The molecular formula is C24H23F3N4O5. The molecule has 0 saturated carbocycles. The van der Waals surface area contributed by atoms with Crippen molar-refractivity contribution in [1.82, 2.24) is 9.55 Å². The van der Waals surface area contributed by atoms with Crippen LogP contribution in [-0.4, -0.2) is 46.4 Å². The fourth-order valence-corrected chi connectivity index (χ4v) is 4.28. The number of alkyl halides is 3. The minimum absolute atomic E-state index is 0.0527. The van der Waals surface area contributed by atoms with E-state index in [0.717, 1.165) is 43.8 Å². The monoisotopic (exact) mass is 504 g/mol. The van der Waals surface area contributed by atoms with Crippen molar-refractivity contribution in [2.45, 2.75) is 37.8 Å². The third kappa shape index (κ3) is 5.31. The third-order valence-corrected chi connectivity index (χ3v) is 6.15. The van der Waals surface area contributed by atoms with Crippen LogP contribution < -0.4 is 19.1 Å². The molecule has 190 valence electrons. The molecule has 36 heavy (non-hydrogen) atoms. The molecule has 3 aromatic rings. The van der Waals surface area contributed by atoms with Crippen LogP contribution >= 0.6 is 0 Å². The number of aromatic nitrogens is 2. The van der Waals surface area contributed by atoms with E-state index in [1.807, 2.05) is 24.3 Å². The summed E-state index contributed by atoms with van der Waals surface area (Å²) < 4.78 is 57.0. The number of hydrogen-bond acceptors (Lipinski definition) is 7. The van der Waals surface area contributed by atoms with Crippen molar-refractivity contribution in [2.24, 2.45) is 0 Å². The number of ether oxygens (including phenoxy) is 3. The van der Waals surface area contributed by atoms with E-state index in [2.05, 4.69) is 9.88 Å². The summed E-state index contributed by atoms with van der Waals surface area (Å²) >= 11 is 0. The van der Waals surface area contributed by atoms with Crippen LogP contribution in [0, 0.1) is 10.1 Å². The first-order valence-electron chi connectivity index (χ1n) is 11.4. The molecule has 0 N–H and O–H groups in total. The number of imidazole rings is 1. The Morgan fingerprint density at radius 2 is 1.72 bits per heavy atom. The van der Waals surface area contributed by atoms with E-state index in [9.17, 15) is 23.3 Å². The van der Waals surface area contributed by atoms with Crippen LogP contribution in [0.5, 0.6) is 17.5 Å². The molecule has 2 aliphatic rings. The molecule has 2 aliphatic heterocycles. The zero-order valence-corrected chi connectivity index (χ0v) is 19.1. The Morgan fingerprint density at radius 3 is 2.33 bits per heavy atom. The van der Waals surface area contributed by atoms with Gasteiger partial charge in [0.05, 0.1) is 12.1 Å². The van der Waals surface area contributed by atoms with Crippen LogP contribution in [0.3, 0.4) is 0 Å². The molecule has 5 rings (SSSR count). The van der Waals surface area contributed by atoms with Crippen molar-refractivity contribution in [1.29, 1.82) is 0 Å². The molecule has 0 unspecified atom stereocenters. The van der Waals surface area contributed by atoms with E-state index in [4.69, 9.17) is 14.2 Å². The number of fused-ring (bicyclic) bond motifs is 1. The normalized spacial score (nSPS) is 18.0. The summed E-state index contributed by atoms with van der Waals surface area (Å²) in [5.41, 5.74) is 0.353. The van der Waals surface area contributed by atoms with Gasteiger partial charge in [-0.2, -0.15) is 13.2 Å². The van der Waals surface area contributed by atoms with E-state index in [1.165, 1.54) is 18.3 Å². The molecule has 1 atom stereocenters. The van der Waals surface area contributed by atoms with Crippen molar-refractivity contribution < 1.29 is 32.3 Å². The number of nitro groups is 1. The molecule has 0 amide bonds. The summed E-state index contributed by atoms with van der Waals surface area (Å²) in [5, 5.41) is 10.8. The summed E-state index contributed by atoms with van der Waals surface area (Å²) in [7, 11) is 0. The Kier molecular flexibility index (Phi) is 6.33. The fraction of sp³-hybridized carbons (Fsp3) is 0.375. The molecule has 1 aromatic heterocycles. The van der Waals surface area contributed by atoms with E-state index >= 15 is 0 Å². The highest BCUT2D eigenvalue weighted by molar-refractivity contribution is 5.49. The van der Waals surface area contributed by atoms with E-state index in [1.54, 1.807) is 4.57 Å². The van der Waals surface area contributed by atoms with E-state index in [0.29, 0.717) is 18.0 Å². The van der Waals surface area contributed by atoms with Crippen molar-refractivity contribution in [2.75, 3.05) is 24.6 Å². The van der Waals surface area contributed by atoms with Crippen LogP contribution in [0.15, 0.2) is 54.7 Å². The number of rotatable bonds is 7. The summed E-state index contributed by atoms with van der Waals surface area (Å²) in [6, 6.07) is 12.7. The van der Waals surface area contributed by atoms with E-state index < -0.39 is 16.7 Å². The first-order valence-corrected chi connectivity index (χ1v) is 11.4. The van der Waals surface area contributed by atoms with Gasteiger partial charge in [0.2, 0.25) is 0 Å². The maximum absolute atomic E-state index is 12.7. The van der Waals surface area contributed by atoms with Crippen molar-refractivity contribution in [3.05, 3.63) is 70.4 Å². The van der Waals surface area contributed by atoms with E-state index in [-0.39, 0.29) is 30.6 Å². The third-order valence-electron chi connectivity index (χ3n) is 6.15. The van der Waals surface area contributed by atoms with Gasteiger partial charge >= 0.3 is 18.0 Å². The SMILES string of the molecule is O=[N+]([O-])c1cn2c(n1)O[C@@H](COc1ccc(N3CCC(Oc4ccc(C(F)(F)F)cc4)CC3)cc1)C2. The maximum atomic E-state index is 12.7. The number of hydrogen-bond donors (Lipinski definition) is 0. The van der Waals surface area contributed by atoms with Gasteiger partial charge in [0.25, 0.3) is 0 Å². The van der Waals surface area contributed by atoms with Crippen LogP contribution in [-0.2, 0) is 12.7 Å². The molecule has 2 aromatic carbocycles. The first-order chi connectivity index (χ1) is 17.2. The van der Waals surface area contributed by atoms with Crippen LogP contribution in [0.2, 0.25) is 0 Å². The lowest BCUT2D eigenvalue weighted by Gasteiger charge is -2.33. The van der Waals surface area contributed by atoms with Gasteiger partial charge in [0, 0.05) is 36.6 Å². The zero-order valence-electron chi connectivity index (χ0n) is 19.1. The molecule has 0 spiro atoms. The zero-order chi connectivity index (χ0) is 25.3. The molecule has 0 aliphatic carbocycles. The second kappa shape index (κ2) is 9.59. The molecular weight excluding hydrogens is 481 g/mol. The van der Waals surface area contributed by atoms with Crippen molar-refractivity contribution in [3.63, 3.8) is 0 Å². The minimum Gasteiger partial charge on any atom is -0.490 e. The van der Waals surface area contributed by atoms with Gasteiger partial charge in [-0.25, -0.2) is 0 Å². The van der Waals surface area contributed by atoms with Crippen molar-refractivity contribution >= 4 is 11.5 Å². The summed E-state index contributed by atoms with van der Waals surface area (Å²) in [5.74, 6) is 0.879. The average Bonchev–Trinajstić information content (AvgIpc) is 3.43. The summed E-state index contributed by atoms with van der Waals surface area (Å²) in [6.07, 6.45) is -1.83. The molecule has 1 fully saturated rings. The maximum Gasteiger partial charge on any atom is 0.416 e. The van der Waals surface area contributed by atoms with Gasteiger partial charge < -0.3 is 29.2 Å². The minimum atomic E-state index is -4.36. The average molecular weight is 504 g/mol. The van der Waals surface area contributed by atoms with Crippen LogP contribution in [0.1, 0.15) is 18.4 Å². The van der Waals surface area contributed by atoms with Crippen molar-refractivity contribution in [3.8, 4) is 17.5 Å². The smallest absolute Gasteiger partial charge is 0.416 e. The number of nitrogens with zero attached hydrogens (tertiary/aromatic N) is 4. The Balaban J connectivity index is 1.06. The van der Waals surface area contributed by atoms with Crippen LogP contribution in [0.25, 0.3) is 0 Å². The second-order valence-corrected chi connectivity index (χ2v) is 8.66. The van der Waals surface area contributed by atoms with Gasteiger partial charge in [-0.05, 0) is 53.5 Å². The molecule has 0 bridgehead atoms. The standard InChI is InChI=1S/C24H23F3N4O5/c25-24(26,27)16-1-5-19(6-2-16)35-20-9-11-29(12-10-20)17-3-7-18(8-4-17)34-15-21-13-30-14-22(31(32)33)28-23(30)36-21/h1-8,14,20-21H,9-13,15H2/t21-/m1/s1. The second-order valence-electron chi connectivity index (χ2n) is 8.66. The molecule has 0 radical (unpaired) electrons. The number of halogens is 3. The molecule has 9 nitrogen and oxygen atoms in total. The number of piperidine rings is 1. The highest BCUT2D eigenvalue weighted by Crippen LogP contribution is 2.31. The van der Waals surface area contributed by atoms with Crippen LogP contribution in [0.4, 0.5) is 24.7 Å². The Hall–Kier alpha value is -3.96. The van der Waals surface area contributed by atoms with Gasteiger partial charge in [-0.1, -0.05) is 0 Å². The lowest BCUT2D eigenvalue weighted by molar-refractivity contribution is -0.389. The number of anilines is 1. The quantitative estimate of drug-likeness (QED) is 0.340. The van der Waals surface area contributed by atoms with Gasteiger partial charge in [-0.15, -0.1) is 0 Å². The Bertz CT molecular complexity index is 1180. The topological polar surface area (TPSA) is 91.9 Å². The lowest BCUT2D eigenvalue weighted by atomic mass is 10.1. The first kappa shape index (κ1) is 23.8. The number of benzene rings is 2. The largest absolute Gasteiger partial charge is 0.490 e. The fourth-order valence-electron chi connectivity index (χ4n) is 4.28.